The Hall–Kier alpha value is -0.830. The minimum absolute atomic E-state index is 0.505. The van der Waals surface area contributed by atoms with Crippen LogP contribution in [0.1, 0.15) is 18.8 Å². The third-order valence-corrected chi connectivity index (χ3v) is 0.863. The molecule has 0 aliphatic heterocycles. The van der Waals surface area contributed by atoms with Gasteiger partial charge >= 0.3 is 0 Å². The molecule has 0 bridgehead atoms. The summed E-state index contributed by atoms with van der Waals surface area (Å²) in [5.41, 5.74) is 0. The van der Waals surface area contributed by atoms with E-state index in [1.54, 1.807) is 6.92 Å². The SMILES string of the molecule is C[C@@H](O)c1cnco1. The van der Waals surface area contributed by atoms with Crippen molar-refractivity contribution >= 4 is 0 Å². The smallest absolute Gasteiger partial charge is 0.180 e. The van der Waals surface area contributed by atoms with E-state index in [1.807, 2.05) is 0 Å². The molecular formula is C5H7NO2. The third-order valence-electron chi connectivity index (χ3n) is 0.863. The molecule has 1 N–H and O–H groups in total. The van der Waals surface area contributed by atoms with E-state index < -0.39 is 6.10 Å². The zero-order chi connectivity index (χ0) is 5.98. The van der Waals surface area contributed by atoms with Gasteiger partial charge in [-0.1, -0.05) is 0 Å². The van der Waals surface area contributed by atoms with E-state index in [2.05, 4.69) is 4.98 Å². The summed E-state index contributed by atoms with van der Waals surface area (Å²) in [5.74, 6) is 0.505. The van der Waals surface area contributed by atoms with Crippen molar-refractivity contribution in [1.82, 2.24) is 4.98 Å². The first-order valence-corrected chi connectivity index (χ1v) is 2.37. The van der Waals surface area contributed by atoms with Crippen molar-refractivity contribution in [3.05, 3.63) is 18.4 Å². The van der Waals surface area contributed by atoms with Crippen LogP contribution in [-0.2, 0) is 0 Å². The summed E-state index contributed by atoms with van der Waals surface area (Å²) in [7, 11) is 0. The van der Waals surface area contributed by atoms with E-state index in [0.29, 0.717) is 5.76 Å². The van der Waals surface area contributed by atoms with Crippen LogP contribution < -0.4 is 0 Å². The second-order valence-corrected chi connectivity index (χ2v) is 1.58. The highest BCUT2D eigenvalue weighted by molar-refractivity contribution is 4.90. The maximum atomic E-state index is 8.78. The normalized spacial score (nSPS) is 13.8. The Labute approximate surface area is 47.0 Å². The summed E-state index contributed by atoms with van der Waals surface area (Å²) < 4.78 is 4.73. The van der Waals surface area contributed by atoms with Crippen molar-refractivity contribution in [1.29, 1.82) is 0 Å². The van der Waals surface area contributed by atoms with Crippen LogP contribution in [0.5, 0.6) is 0 Å². The molecule has 1 atom stereocenters. The fourth-order valence-corrected chi connectivity index (χ4v) is 0.432. The van der Waals surface area contributed by atoms with Gasteiger partial charge in [0.25, 0.3) is 0 Å². The Kier molecular flexibility index (Phi) is 1.30. The number of hydrogen-bond donors (Lipinski definition) is 1. The van der Waals surface area contributed by atoms with Gasteiger partial charge in [-0.25, -0.2) is 4.98 Å². The molecule has 0 aromatic carbocycles. The van der Waals surface area contributed by atoms with Gasteiger partial charge in [-0.05, 0) is 6.92 Å². The summed E-state index contributed by atoms with van der Waals surface area (Å²) >= 11 is 0. The number of aromatic nitrogens is 1. The van der Waals surface area contributed by atoms with Crippen molar-refractivity contribution in [3.63, 3.8) is 0 Å². The lowest BCUT2D eigenvalue weighted by Gasteiger charge is -1.93. The molecule has 0 amide bonds. The summed E-state index contributed by atoms with van der Waals surface area (Å²) in [6.07, 6.45) is 2.24. The molecule has 44 valence electrons. The lowest BCUT2D eigenvalue weighted by molar-refractivity contribution is 0.169. The van der Waals surface area contributed by atoms with E-state index in [9.17, 15) is 0 Å². The standard InChI is InChI=1S/C5H7NO2/c1-4(7)5-2-6-3-8-5/h2-4,7H,1H3/t4-/m1/s1. The number of oxazole rings is 1. The molecule has 1 heterocycles. The zero-order valence-corrected chi connectivity index (χ0v) is 4.53. The van der Waals surface area contributed by atoms with Gasteiger partial charge in [0.15, 0.2) is 12.2 Å². The van der Waals surface area contributed by atoms with E-state index in [0.717, 1.165) is 0 Å². The van der Waals surface area contributed by atoms with Crippen LogP contribution in [0.4, 0.5) is 0 Å². The van der Waals surface area contributed by atoms with Gasteiger partial charge in [0.2, 0.25) is 0 Å². The van der Waals surface area contributed by atoms with Gasteiger partial charge < -0.3 is 9.52 Å². The molecule has 3 nitrogen and oxygen atoms in total. The van der Waals surface area contributed by atoms with Gasteiger partial charge in [0, 0.05) is 0 Å². The predicted octanol–water partition coefficient (Wildman–Crippen LogP) is 0.728. The van der Waals surface area contributed by atoms with E-state index >= 15 is 0 Å². The summed E-state index contributed by atoms with van der Waals surface area (Å²) in [4.78, 5) is 3.62. The summed E-state index contributed by atoms with van der Waals surface area (Å²) in [5, 5.41) is 8.78. The van der Waals surface area contributed by atoms with E-state index in [-0.39, 0.29) is 0 Å². The molecule has 0 aliphatic carbocycles. The number of aliphatic hydroxyl groups excluding tert-OH is 1. The molecule has 1 aromatic rings. The average Bonchev–Trinajstić information content (AvgIpc) is 2.12. The summed E-state index contributed by atoms with van der Waals surface area (Å²) in [6.45, 7) is 1.63. The van der Waals surface area contributed by atoms with Crippen molar-refractivity contribution in [2.24, 2.45) is 0 Å². The van der Waals surface area contributed by atoms with Crippen LogP contribution in [0.3, 0.4) is 0 Å². The van der Waals surface area contributed by atoms with Crippen LogP contribution in [0.15, 0.2) is 17.0 Å². The Morgan fingerprint density at radius 1 is 1.88 bits per heavy atom. The number of aliphatic hydroxyl groups is 1. The molecule has 1 rings (SSSR count). The molecule has 1 aromatic heterocycles. The highest BCUT2D eigenvalue weighted by Crippen LogP contribution is 2.08. The molecule has 0 spiro atoms. The molecule has 0 aliphatic rings. The molecule has 3 heteroatoms. The van der Waals surface area contributed by atoms with Gasteiger partial charge in [-0.2, -0.15) is 0 Å². The van der Waals surface area contributed by atoms with Gasteiger partial charge in [-0.15, -0.1) is 0 Å². The fraction of sp³-hybridized carbons (Fsp3) is 0.400. The maximum absolute atomic E-state index is 8.78. The van der Waals surface area contributed by atoms with Gasteiger partial charge in [0.05, 0.1) is 6.20 Å². The van der Waals surface area contributed by atoms with Gasteiger partial charge in [-0.3, -0.25) is 0 Å². The number of nitrogens with zero attached hydrogens (tertiary/aromatic N) is 1. The van der Waals surface area contributed by atoms with E-state index in [4.69, 9.17) is 9.52 Å². The molecular weight excluding hydrogens is 106 g/mol. The number of hydrogen-bond acceptors (Lipinski definition) is 3. The Bertz CT molecular complexity index is 145. The van der Waals surface area contributed by atoms with Crippen LogP contribution in [0.2, 0.25) is 0 Å². The van der Waals surface area contributed by atoms with Crippen LogP contribution in [0, 0.1) is 0 Å². The minimum atomic E-state index is -0.544. The molecule has 0 radical (unpaired) electrons. The van der Waals surface area contributed by atoms with E-state index in [1.165, 1.54) is 12.6 Å². The second-order valence-electron chi connectivity index (χ2n) is 1.58. The fourth-order valence-electron chi connectivity index (χ4n) is 0.432. The first-order chi connectivity index (χ1) is 3.80. The first kappa shape index (κ1) is 5.31. The Balaban J connectivity index is 2.77. The lowest BCUT2D eigenvalue weighted by atomic mass is 10.3. The topological polar surface area (TPSA) is 46.3 Å². The van der Waals surface area contributed by atoms with Crippen molar-refractivity contribution in [3.8, 4) is 0 Å². The highest BCUT2D eigenvalue weighted by atomic mass is 16.4. The maximum Gasteiger partial charge on any atom is 0.180 e. The highest BCUT2D eigenvalue weighted by Gasteiger charge is 2.01. The second kappa shape index (κ2) is 1.96. The summed E-state index contributed by atoms with van der Waals surface area (Å²) in [6, 6.07) is 0. The third kappa shape index (κ3) is 0.869. The largest absolute Gasteiger partial charge is 0.446 e. The molecule has 0 unspecified atom stereocenters. The van der Waals surface area contributed by atoms with Crippen LogP contribution in [0.25, 0.3) is 0 Å². The Morgan fingerprint density at radius 2 is 2.62 bits per heavy atom. The molecule has 0 saturated carbocycles. The number of rotatable bonds is 1. The van der Waals surface area contributed by atoms with Gasteiger partial charge in [0.1, 0.15) is 6.10 Å². The average molecular weight is 113 g/mol. The quantitative estimate of drug-likeness (QED) is 0.583. The minimum Gasteiger partial charge on any atom is -0.446 e. The van der Waals surface area contributed by atoms with Crippen molar-refractivity contribution < 1.29 is 9.52 Å². The monoisotopic (exact) mass is 113 g/mol. The lowest BCUT2D eigenvalue weighted by Crippen LogP contribution is -1.85. The van der Waals surface area contributed by atoms with Crippen LogP contribution in [-0.4, -0.2) is 10.1 Å². The predicted molar refractivity (Wildman–Crippen MR) is 27.1 cm³/mol. The van der Waals surface area contributed by atoms with Crippen molar-refractivity contribution in [2.75, 3.05) is 0 Å². The first-order valence-electron chi connectivity index (χ1n) is 2.37. The zero-order valence-electron chi connectivity index (χ0n) is 4.53. The van der Waals surface area contributed by atoms with Crippen molar-refractivity contribution in [2.45, 2.75) is 13.0 Å². The molecule has 0 fully saturated rings. The Morgan fingerprint density at radius 3 is 2.88 bits per heavy atom. The molecule has 8 heavy (non-hydrogen) atoms. The van der Waals surface area contributed by atoms with Crippen LogP contribution >= 0.6 is 0 Å². The molecule has 0 saturated heterocycles.